The molecule has 0 bridgehead atoms. The Kier molecular flexibility index (Phi) is 9.94. The summed E-state index contributed by atoms with van der Waals surface area (Å²) in [5.74, 6) is -0.689. The summed E-state index contributed by atoms with van der Waals surface area (Å²) in [5.41, 5.74) is 2.82. The largest absolute Gasteiger partial charge is 0.354 e. The smallest absolute Gasteiger partial charge is 0.243 e. The molecule has 0 unspecified atom stereocenters. The highest BCUT2D eigenvalue weighted by Crippen LogP contribution is 2.27. The van der Waals surface area contributed by atoms with E-state index in [0.717, 1.165) is 32.0 Å². The number of carbonyl (C=O) groups excluding carboxylic acids is 1. The quantitative estimate of drug-likeness (QED) is 0.211. The van der Waals surface area contributed by atoms with Crippen molar-refractivity contribution in [3.8, 4) is 11.3 Å². The van der Waals surface area contributed by atoms with Gasteiger partial charge in [0.1, 0.15) is 11.9 Å². The molecule has 11 nitrogen and oxygen atoms in total. The Bertz CT molecular complexity index is 1890. The van der Waals surface area contributed by atoms with Crippen LogP contribution >= 0.6 is 15.9 Å². The van der Waals surface area contributed by atoms with Crippen molar-refractivity contribution >= 4 is 47.8 Å². The molecule has 4 aromatic rings. The van der Waals surface area contributed by atoms with Crippen molar-refractivity contribution in [2.75, 3.05) is 18.4 Å². The van der Waals surface area contributed by atoms with Crippen LogP contribution in [0.5, 0.6) is 0 Å². The average Bonchev–Trinajstić information content (AvgIpc) is 3.52. The average molecular weight is 718 g/mol. The van der Waals surface area contributed by atoms with E-state index in [1.165, 1.54) is 24.3 Å². The van der Waals surface area contributed by atoms with Gasteiger partial charge in [0.05, 0.1) is 27.7 Å². The predicted molar refractivity (Wildman–Crippen MR) is 170 cm³/mol. The Labute approximate surface area is 269 Å². The van der Waals surface area contributed by atoms with E-state index in [4.69, 9.17) is 5.14 Å². The molecule has 1 aliphatic rings. The SMILES string of the molecule is NS(=O)(=O)c1ccc(CCNc2nc(CNC(=O)[C@@H]3CCCN3S(=O)(=O)c3ccc(F)cc3)cc(-c3ccc(Br)cc3)n2)cc1. The second kappa shape index (κ2) is 13.7. The van der Waals surface area contributed by atoms with Crippen LogP contribution in [-0.4, -0.2) is 56.1 Å². The second-order valence-electron chi connectivity index (χ2n) is 10.4. The molecule has 2 heterocycles. The number of benzene rings is 3. The molecule has 5 rings (SSSR count). The Balaban J connectivity index is 1.30. The fourth-order valence-corrected chi connectivity index (χ4v) is 7.36. The van der Waals surface area contributed by atoms with Gasteiger partial charge in [0.15, 0.2) is 0 Å². The molecule has 1 amide bonds. The Morgan fingerprint density at radius 2 is 1.62 bits per heavy atom. The Morgan fingerprint density at radius 1 is 0.956 bits per heavy atom. The second-order valence-corrected chi connectivity index (χ2v) is 14.8. The molecule has 1 fully saturated rings. The molecular formula is C30H30BrFN6O5S2. The number of nitrogens with one attached hydrogen (secondary N) is 2. The summed E-state index contributed by atoms with van der Waals surface area (Å²) in [6.45, 7) is 0.635. The molecule has 1 aliphatic heterocycles. The highest BCUT2D eigenvalue weighted by molar-refractivity contribution is 9.10. The molecule has 1 atom stereocenters. The number of hydrogen-bond acceptors (Lipinski definition) is 8. The van der Waals surface area contributed by atoms with Crippen molar-refractivity contribution in [1.29, 1.82) is 0 Å². The predicted octanol–water partition coefficient (Wildman–Crippen LogP) is 3.82. The molecule has 15 heteroatoms. The topological polar surface area (TPSA) is 164 Å². The third-order valence-electron chi connectivity index (χ3n) is 7.24. The lowest BCUT2D eigenvalue weighted by atomic mass is 10.1. The maximum Gasteiger partial charge on any atom is 0.243 e. The van der Waals surface area contributed by atoms with Crippen LogP contribution in [0.25, 0.3) is 11.3 Å². The summed E-state index contributed by atoms with van der Waals surface area (Å²) < 4.78 is 64.9. The first-order chi connectivity index (χ1) is 21.4. The minimum Gasteiger partial charge on any atom is -0.354 e. The van der Waals surface area contributed by atoms with Gasteiger partial charge in [-0.25, -0.2) is 36.3 Å². The van der Waals surface area contributed by atoms with Crippen LogP contribution in [-0.2, 0) is 37.8 Å². The fourth-order valence-electron chi connectivity index (χ4n) is 4.93. The molecule has 0 saturated carbocycles. The van der Waals surface area contributed by atoms with Gasteiger partial charge in [-0.05, 0) is 79.4 Å². The van der Waals surface area contributed by atoms with Gasteiger partial charge in [-0.3, -0.25) is 4.79 Å². The molecule has 1 saturated heterocycles. The number of hydrogen-bond donors (Lipinski definition) is 3. The monoisotopic (exact) mass is 716 g/mol. The van der Waals surface area contributed by atoms with Gasteiger partial charge in [-0.1, -0.05) is 40.2 Å². The minimum atomic E-state index is -4.00. The first-order valence-corrected chi connectivity index (χ1v) is 17.7. The summed E-state index contributed by atoms with van der Waals surface area (Å²) in [7, 11) is -7.78. The Hall–Kier alpha value is -3.76. The van der Waals surface area contributed by atoms with Crippen molar-refractivity contribution in [1.82, 2.24) is 19.6 Å². The summed E-state index contributed by atoms with van der Waals surface area (Å²) in [4.78, 5) is 22.4. The summed E-state index contributed by atoms with van der Waals surface area (Å²) in [6, 6.07) is 19.2. The van der Waals surface area contributed by atoms with Gasteiger partial charge in [0.2, 0.25) is 31.9 Å². The van der Waals surface area contributed by atoms with E-state index >= 15 is 0 Å². The van der Waals surface area contributed by atoms with E-state index in [0.29, 0.717) is 43.1 Å². The van der Waals surface area contributed by atoms with E-state index in [1.807, 2.05) is 24.3 Å². The highest BCUT2D eigenvalue weighted by Gasteiger charge is 2.39. The number of aromatic nitrogens is 2. The van der Waals surface area contributed by atoms with Gasteiger partial charge in [-0.15, -0.1) is 0 Å². The Morgan fingerprint density at radius 3 is 2.29 bits per heavy atom. The van der Waals surface area contributed by atoms with Crippen LogP contribution in [0.2, 0.25) is 0 Å². The molecule has 0 spiro atoms. The number of primary sulfonamides is 1. The standard InChI is InChI=1S/C30H30BrFN6O5S2/c31-22-7-5-21(6-8-22)27-18-24(36-30(37-27)34-16-15-20-3-11-25(12-4-20)44(33,40)41)19-35-29(39)28-2-1-17-38(28)45(42,43)26-13-9-23(32)10-14-26/h3-14,18,28H,1-2,15-17,19H2,(H,35,39)(H2,33,40,41)(H,34,36,37)/t28-/m0/s1. The van der Waals surface area contributed by atoms with Crippen LogP contribution in [0.15, 0.2) is 93.1 Å². The number of carbonyl (C=O) groups is 1. The van der Waals surface area contributed by atoms with Crippen molar-refractivity contribution in [3.05, 3.63) is 100 Å². The molecule has 4 N–H and O–H groups in total. The summed E-state index contributed by atoms with van der Waals surface area (Å²) >= 11 is 3.43. The summed E-state index contributed by atoms with van der Waals surface area (Å²) in [5, 5.41) is 11.2. The lowest BCUT2D eigenvalue weighted by molar-refractivity contribution is -0.124. The van der Waals surface area contributed by atoms with E-state index in [2.05, 4.69) is 36.5 Å². The lowest BCUT2D eigenvalue weighted by Crippen LogP contribution is -2.45. The molecule has 0 radical (unpaired) electrons. The summed E-state index contributed by atoms with van der Waals surface area (Å²) in [6.07, 6.45) is 1.41. The zero-order valence-corrected chi connectivity index (χ0v) is 27.1. The number of halogens is 2. The number of anilines is 1. The zero-order chi connectivity index (χ0) is 32.2. The first-order valence-electron chi connectivity index (χ1n) is 13.9. The molecule has 236 valence electrons. The zero-order valence-electron chi connectivity index (χ0n) is 23.9. The first kappa shape index (κ1) is 32.6. The van der Waals surface area contributed by atoms with E-state index in [-0.39, 0.29) is 22.9 Å². The van der Waals surface area contributed by atoms with Crippen LogP contribution in [0.1, 0.15) is 24.1 Å². The van der Waals surface area contributed by atoms with Crippen LogP contribution in [0.3, 0.4) is 0 Å². The van der Waals surface area contributed by atoms with Gasteiger partial charge in [-0.2, -0.15) is 4.31 Å². The molecule has 1 aromatic heterocycles. The molecular weight excluding hydrogens is 687 g/mol. The van der Waals surface area contributed by atoms with E-state index < -0.39 is 37.8 Å². The lowest BCUT2D eigenvalue weighted by Gasteiger charge is -2.23. The number of rotatable bonds is 11. The van der Waals surface area contributed by atoms with E-state index in [1.54, 1.807) is 18.2 Å². The van der Waals surface area contributed by atoms with Crippen LogP contribution < -0.4 is 15.8 Å². The number of sulfonamides is 2. The van der Waals surface area contributed by atoms with Crippen LogP contribution in [0, 0.1) is 5.82 Å². The number of amides is 1. The van der Waals surface area contributed by atoms with Gasteiger partial charge in [0, 0.05) is 23.1 Å². The molecule has 0 aliphatic carbocycles. The van der Waals surface area contributed by atoms with E-state index in [9.17, 15) is 26.0 Å². The van der Waals surface area contributed by atoms with Crippen LogP contribution in [0.4, 0.5) is 10.3 Å². The van der Waals surface area contributed by atoms with Gasteiger partial charge in [0.25, 0.3) is 0 Å². The van der Waals surface area contributed by atoms with Gasteiger partial charge >= 0.3 is 0 Å². The van der Waals surface area contributed by atoms with Crippen molar-refractivity contribution < 1.29 is 26.0 Å². The maximum absolute atomic E-state index is 13.4. The third-order valence-corrected chi connectivity index (χ3v) is 10.6. The highest BCUT2D eigenvalue weighted by atomic mass is 79.9. The fraction of sp³-hybridized carbons (Fsp3) is 0.233. The van der Waals surface area contributed by atoms with Gasteiger partial charge < -0.3 is 10.6 Å². The maximum atomic E-state index is 13.4. The number of nitrogens with zero attached hydrogens (tertiary/aromatic N) is 3. The van der Waals surface area contributed by atoms with Crippen molar-refractivity contribution in [3.63, 3.8) is 0 Å². The molecule has 3 aromatic carbocycles. The third kappa shape index (κ3) is 8.10. The van der Waals surface area contributed by atoms with Crippen molar-refractivity contribution in [2.45, 2.75) is 41.6 Å². The minimum absolute atomic E-state index is 0.0233. The molecule has 45 heavy (non-hydrogen) atoms. The van der Waals surface area contributed by atoms with Crippen molar-refractivity contribution in [2.24, 2.45) is 5.14 Å². The number of nitrogens with two attached hydrogens (primary N) is 1. The normalized spacial score (nSPS) is 15.6.